The molecular weight excluding hydrogens is 447 g/mol. The van der Waals surface area contributed by atoms with Crippen LogP contribution in [0.5, 0.6) is 0 Å². The number of nitrogens with zero attached hydrogens (tertiary/aromatic N) is 3. The number of hydrogen-bond acceptors (Lipinski definition) is 9. The Morgan fingerprint density at radius 2 is 1.76 bits per heavy atom. The fourth-order valence-corrected chi connectivity index (χ4v) is 3.81. The Bertz CT molecular complexity index is 1300. The van der Waals surface area contributed by atoms with Crippen LogP contribution in [0, 0.1) is 34.2 Å². The summed E-state index contributed by atoms with van der Waals surface area (Å²) in [7, 11) is 2.17. The third kappa shape index (κ3) is 3.81. The van der Waals surface area contributed by atoms with Gasteiger partial charge < -0.3 is 15.2 Å². The van der Waals surface area contributed by atoms with Crippen molar-refractivity contribution in [3.8, 4) is 6.07 Å². The molecule has 174 valence electrons. The van der Waals surface area contributed by atoms with Crippen molar-refractivity contribution >= 4 is 23.3 Å². The zero-order chi connectivity index (χ0) is 25.2. The summed E-state index contributed by atoms with van der Waals surface area (Å²) >= 11 is 0. The van der Waals surface area contributed by atoms with E-state index in [1.165, 1.54) is 13.0 Å². The molecule has 2 aromatic carbocycles. The number of halogens is 1. The van der Waals surface area contributed by atoms with Gasteiger partial charge in [-0.05, 0) is 18.6 Å². The average Bonchev–Trinajstić information content (AvgIpc) is 2.84. The van der Waals surface area contributed by atoms with Gasteiger partial charge in [0.1, 0.15) is 11.5 Å². The van der Waals surface area contributed by atoms with Gasteiger partial charge in [0.15, 0.2) is 0 Å². The van der Waals surface area contributed by atoms with Gasteiger partial charge in [-0.1, -0.05) is 30.3 Å². The molecule has 0 aromatic heterocycles. The summed E-state index contributed by atoms with van der Waals surface area (Å²) in [5.74, 6) is -4.49. The normalized spacial score (nSPS) is 15.6. The lowest BCUT2D eigenvalue weighted by molar-refractivity contribution is -0.387. The number of rotatable bonds is 5. The third-order valence-electron chi connectivity index (χ3n) is 5.39. The molecule has 1 aliphatic heterocycles. The number of anilines is 1. The molecule has 1 unspecified atom stereocenters. The Morgan fingerprint density at radius 1 is 1.15 bits per heavy atom. The quantitative estimate of drug-likeness (QED) is 0.399. The summed E-state index contributed by atoms with van der Waals surface area (Å²) in [6.45, 7) is 1.24. The van der Waals surface area contributed by atoms with E-state index >= 15 is 0 Å². The van der Waals surface area contributed by atoms with Crippen molar-refractivity contribution in [2.45, 2.75) is 12.8 Å². The number of nitro benzene ring substituents is 1. The minimum atomic E-state index is -1.16. The van der Waals surface area contributed by atoms with E-state index < -0.39 is 40.0 Å². The van der Waals surface area contributed by atoms with Crippen molar-refractivity contribution in [1.29, 1.82) is 5.26 Å². The molecule has 0 spiro atoms. The molecular formula is C23H19FN4O6. The van der Waals surface area contributed by atoms with Gasteiger partial charge in [-0.2, -0.15) is 9.65 Å². The summed E-state index contributed by atoms with van der Waals surface area (Å²) in [4.78, 5) is 37.2. The monoisotopic (exact) mass is 466 g/mol. The highest BCUT2D eigenvalue weighted by atomic mass is 19.1. The molecule has 1 atom stereocenters. The van der Waals surface area contributed by atoms with Gasteiger partial charge in [-0.3, -0.25) is 15.0 Å². The van der Waals surface area contributed by atoms with Crippen LogP contribution in [-0.4, -0.2) is 31.1 Å². The van der Waals surface area contributed by atoms with E-state index in [1.807, 2.05) is 6.07 Å². The Kier molecular flexibility index (Phi) is 6.63. The average molecular weight is 466 g/mol. The molecule has 34 heavy (non-hydrogen) atoms. The number of hydrogen-bond donors (Lipinski definition) is 1. The van der Waals surface area contributed by atoms with Crippen LogP contribution in [0.15, 0.2) is 65.1 Å². The van der Waals surface area contributed by atoms with E-state index in [0.29, 0.717) is 5.56 Å². The standard InChI is InChI=1S/C23H19FN4O6/c1-12-15(9-10-16(19(12)24)28(31)32)27-20(23(30)34-3)18(22(29)33-2)17(14(11-25)21(27)26)13-7-5-4-6-8-13/h4-10,17H,26H2,1-3H3. The number of carbonyl (C=O) groups excluding carboxylic acids is 2. The van der Waals surface area contributed by atoms with Gasteiger partial charge in [0.25, 0.3) is 0 Å². The van der Waals surface area contributed by atoms with E-state index in [0.717, 1.165) is 25.2 Å². The smallest absolute Gasteiger partial charge is 0.355 e. The molecule has 1 heterocycles. The van der Waals surface area contributed by atoms with E-state index in [-0.39, 0.29) is 28.2 Å². The van der Waals surface area contributed by atoms with E-state index in [4.69, 9.17) is 15.2 Å². The minimum Gasteiger partial charge on any atom is -0.466 e. The first-order valence-electron chi connectivity index (χ1n) is 9.78. The van der Waals surface area contributed by atoms with Crippen molar-refractivity contribution in [2.24, 2.45) is 5.73 Å². The van der Waals surface area contributed by atoms with Gasteiger partial charge in [0.05, 0.1) is 48.0 Å². The zero-order valence-corrected chi connectivity index (χ0v) is 18.4. The van der Waals surface area contributed by atoms with Gasteiger partial charge in [0.2, 0.25) is 5.82 Å². The van der Waals surface area contributed by atoms with Crippen LogP contribution >= 0.6 is 0 Å². The highest BCUT2D eigenvalue weighted by molar-refractivity contribution is 6.06. The summed E-state index contributed by atoms with van der Waals surface area (Å²) in [5.41, 5.74) is 4.89. The first kappa shape index (κ1) is 23.9. The van der Waals surface area contributed by atoms with Gasteiger partial charge in [-0.15, -0.1) is 0 Å². The number of nitriles is 1. The number of carbonyl (C=O) groups is 2. The first-order valence-corrected chi connectivity index (χ1v) is 9.78. The summed E-state index contributed by atoms with van der Waals surface area (Å²) in [6, 6.07) is 12.4. The van der Waals surface area contributed by atoms with Crippen LogP contribution in [-0.2, 0) is 19.1 Å². The predicted molar refractivity (Wildman–Crippen MR) is 117 cm³/mol. The molecule has 0 saturated heterocycles. The summed E-state index contributed by atoms with van der Waals surface area (Å²) in [6.07, 6.45) is 0. The third-order valence-corrected chi connectivity index (χ3v) is 5.39. The largest absolute Gasteiger partial charge is 0.466 e. The van der Waals surface area contributed by atoms with Crippen LogP contribution in [0.1, 0.15) is 17.0 Å². The number of esters is 2. The maximum atomic E-state index is 14.8. The zero-order valence-electron chi connectivity index (χ0n) is 18.4. The summed E-state index contributed by atoms with van der Waals surface area (Å²) in [5, 5.41) is 21.1. The molecule has 2 N–H and O–H groups in total. The summed E-state index contributed by atoms with van der Waals surface area (Å²) < 4.78 is 24.6. The van der Waals surface area contributed by atoms with Crippen LogP contribution in [0.25, 0.3) is 0 Å². The van der Waals surface area contributed by atoms with E-state index in [9.17, 15) is 29.4 Å². The maximum absolute atomic E-state index is 14.8. The second kappa shape index (κ2) is 9.41. The Balaban J connectivity index is 2.45. The highest BCUT2D eigenvalue weighted by Gasteiger charge is 2.43. The topological polar surface area (TPSA) is 149 Å². The molecule has 11 heteroatoms. The molecule has 0 radical (unpaired) electrons. The van der Waals surface area contributed by atoms with E-state index in [1.54, 1.807) is 30.3 Å². The molecule has 1 aliphatic rings. The van der Waals surface area contributed by atoms with Crippen molar-refractivity contribution in [1.82, 2.24) is 0 Å². The van der Waals surface area contributed by atoms with Gasteiger partial charge in [-0.25, -0.2) is 9.59 Å². The Labute approximate surface area is 193 Å². The van der Waals surface area contributed by atoms with Crippen molar-refractivity contribution < 1.29 is 28.4 Å². The highest BCUT2D eigenvalue weighted by Crippen LogP contribution is 2.44. The number of nitro groups is 1. The van der Waals surface area contributed by atoms with Gasteiger partial charge >= 0.3 is 17.6 Å². The molecule has 10 nitrogen and oxygen atoms in total. The van der Waals surface area contributed by atoms with E-state index in [2.05, 4.69) is 0 Å². The second-order valence-corrected chi connectivity index (χ2v) is 7.14. The number of allylic oxidation sites excluding steroid dienone is 1. The Morgan fingerprint density at radius 3 is 2.29 bits per heavy atom. The molecule has 3 rings (SSSR count). The Hall–Kier alpha value is -4.72. The first-order chi connectivity index (χ1) is 16.2. The molecule has 0 amide bonds. The lowest BCUT2D eigenvalue weighted by Gasteiger charge is -2.36. The molecule has 0 bridgehead atoms. The fraction of sp³-hybridized carbons (Fsp3) is 0.174. The predicted octanol–water partition coefficient (Wildman–Crippen LogP) is 2.94. The van der Waals surface area contributed by atoms with Crippen molar-refractivity contribution in [3.63, 3.8) is 0 Å². The molecule has 0 saturated carbocycles. The SMILES string of the molecule is COC(=O)C1=C(C(=O)OC)N(c2ccc([N+](=O)[O-])c(F)c2C)C(N)=C(C#N)C1c1ccccc1. The molecule has 0 fully saturated rings. The molecule has 0 aliphatic carbocycles. The molecule has 2 aromatic rings. The van der Waals surface area contributed by atoms with Crippen LogP contribution < -0.4 is 10.6 Å². The van der Waals surface area contributed by atoms with Crippen LogP contribution in [0.3, 0.4) is 0 Å². The maximum Gasteiger partial charge on any atom is 0.355 e. The van der Waals surface area contributed by atoms with Crippen LogP contribution in [0.4, 0.5) is 15.8 Å². The number of methoxy groups -OCH3 is 2. The fourth-order valence-electron chi connectivity index (χ4n) is 3.81. The number of ether oxygens (including phenoxy) is 2. The minimum absolute atomic E-state index is 0.0957. The second-order valence-electron chi connectivity index (χ2n) is 7.14. The number of benzene rings is 2. The lowest BCUT2D eigenvalue weighted by atomic mass is 9.80. The van der Waals surface area contributed by atoms with Crippen LogP contribution in [0.2, 0.25) is 0 Å². The van der Waals surface area contributed by atoms with Crippen molar-refractivity contribution in [3.05, 3.63) is 92.2 Å². The van der Waals surface area contributed by atoms with Crippen molar-refractivity contribution in [2.75, 3.05) is 19.1 Å². The van der Waals surface area contributed by atoms with Gasteiger partial charge in [0, 0.05) is 11.6 Å². The lowest BCUT2D eigenvalue weighted by Crippen LogP contribution is -2.41. The number of nitrogens with two attached hydrogens (primary N) is 1.